The van der Waals surface area contributed by atoms with Crippen LogP contribution in [-0.2, 0) is 16.1 Å². The molecule has 1 aliphatic rings. The van der Waals surface area contributed by atoms with E-state index in [9.17, 15) is 9.90 Å². The van der Waals surface area contributed by atoms with E-state index in [4.69, 9.17) is 9.47 Å². The first-order valence-corrected chi connectivity index (χ1v) is 11.5. The summed E-state index contributed by atoms with van der Waals surface area (Å²) >= 11 is 0. The molecule has 0 saturated carbocycles. The van der Waals surface area contributed by atoms with Gasteiger partial charge in [-0.05, 0) is 71.8 Å². The second kappa shape index (κ2) is 11.7. The summed E-state index contributed by atoms with van der Waals surface area (Å²) in [6.07, 6.45) is 5.68. The van der Waals surface area contributed by atoms with Crippen LogP contribution in [0.3, 0.4) is 0 Å². The molecule has 1 amide bonds. The molecule has 0 spiro atoms. The maximum Gasteiger partial charge on any atom is 0.410 e. The van der Waals surface area contributed by atoms with Crippen LogP contribution in [0.4, 0.5) is 4.79 Å². The van der Waals surface area contributed by atoms with Gasteiger partial charge in [0.1, 0.15) is 5.60 Å². The molecule has 170 valence electrons. The van der Waals surface area contributed by atoms with Gasteiger partial charge in [0.05, 0.1) is 18.8 Å². The lowest BCUT2D eigenvalue weighted by Crippen LogP contribution is -2.53. The summed E-state index contributed by atoms with van der Waals surface area (Å²) in [7, 11) is 0. The number of carbonyl (C=O) groups is 1. The number of rotatable bonds is 9. The van der Waals surface area contributed by atoms with Crippen molar-refractivity contribution in [1.29, 1.82) is 0 Å². The Labute approximate surface area is 182 Å². The summed E-state index contributed by atoms with van der Waals surface area (Å²) in [5.74, 6) is 0. The van der Waals surface area contributed by atoms with Gasteiger partial charge in [-0.2, -0.15) is 0 Å². The van der Waals surface area contributed by atoms with E-state index in [-0.39, 0.29) is 24.3 Å². The number of carbonyl (C=O) groups excluding carboxylic acids is 1. The Bertz CT molecular complexity index is 626. The Morgan fingerprint density at radius 2 is 1.80 bits per heavy atom. The minimum absolute atomic E-state index is 0.00926. The number of hydrogen-bond acceptors (Lipinski definition) is 4. The Kier molecular flexibility index (Phi) is 9.63. The standard InChI is InChI=1S/C25H41NO4/c1-6-11-23(29-18-20-12-8-7-9-13-20)17-22-15-10-14-21(16-19(2)27)26(22)24(28)30-25(3,4)5/h7-9,12-13,19,21-23,27H,6,10-11,14-18H2,1-5H3/t19?,21-,22+,23-/m0/s1. The molecular formula is C25H41NO4. The summed E-state index contributed by atoms with van der Waals surface area (Å²) in [6, 6.07) is 10.3. The molecule has 1 saturated heterocycles. The number of nitrogens with zero attached hydrogens (tertiary/aromatic N) is 1. The molecule has 5 nitrogen and oxygen atoms in total. The van der Waals surface area contributed by atoms with Crippen molar-refractivity contribution in [2.24, 2.45) is 0 Å². The number of likely N-dealkylation sites (tertiary alicyclic amines) is 1. The monoisotopic (exact) mass is 419 g/mol. The van der Waals surface area contributed by atoms with Crippen LogP contribution in [0.5, 0.6) is 0 Å². The molecule has 0 bridgehead atoms. The minimum Gasteiger partial charge on any atom is -0.444 e. The predicted octanol–water partition coefficient (Wildman–Crippen LogP) is 5.69. The van der Waals surface area contributed by atoms with E-state index in [1.54, 1.807) is 6.92 Å². The van der Waals surface area contributed by atoms with Gasteiger partial charge in [0.25, 0.3) is 0 Å². The lowest BCUT2D eigenvalue weighted by molar-refractivity contribution is -0.0343. The van der Waals surface area contributed by atoms with Crippen LogP contribution >= 0.6 is 0 Å². The molecule has 1 N–H and O–H groups in total. The van der Waals surface area contributed by atoms with Crippen molar-refractivity contribution in [3.63, 3.8) is 0 Å². The number of aliphatic hydroxyl groups excluding tert-OH is 1. The average Bonchev–Trinajstić information content (AvgIpc) is 2.65. The van der Waals surface area contributed by atoms with Gasteiger partial charge in [-0.3, -0.25) is 0 Å². The third-order valence-electron chi connectivity index (χ3n) is 5.55. The second-order valence-corrected chi connectivity index (χ2v) is 9.65. The van der Waals surface area contributed by atoms with E-state index in [1.807, 2.05) is 43.9 Å². The fraction of sp³-hybridized carbons (Fsp3) is 0.720. The molecule has 30 heavy (non-hydrogen) atoms. The Morgan fingerprint density at radius 1 is 1.17 bits per heavy atom. The molecular weight excluding hydrogens is 378 g/mol. The number of ether oxygens (including phenoxy) is 2. The topological polar surface area (TPSA) is 59.0 Å². The van der Waals surface area contributed by atoms with Crippen molar-refractivity contribution in [3.05, 3.63) is 35.9 Å². The lowest BCUT2D eigenvalue weighted by Gasteiger charge is -2.44. The van der Waals surface area contributed by atoms with Crippen LogP contribution in [0.1, 0.15) is 85.1 Å². The van der Waals surface area contributed by atoms with Crippen LogP contribution in [-0.4, -0.2) is 46.0 Å². The third kappa shape index (κ3) is 8.27. The van der Waals surface area contributed by atoms with Gasteiger partial charge in [-0.1, -0.05) is 43.7 Å². The van der Waals surface area contributed by atoms with Gasteiger partial charge in [-0.25, -0.2) is 4.79 Å². The van der Waals surface area contributed by atoms with Gasteiger partial charge < -0.3 is 19.5 Å². The highest BCUT2D eigenvalue weighted by molar-refractivity contribution is 5.69. The molecule has 2 rings (SSSR count). The molecule has 5 heteroatoms. The Balaban J connectivity index is 2.12. The molecule has 4 atom stereocenters. The van der Waals surface area contributed by atoms with Crippen molar-refractivity contribution in [2.45, 2.75) is 116 Å². The fourth-order valence-electron chi connectivity index (χ4n) is 4.32. The van der Waals surface area contributed by atoms with Gasteiger partial charge in [0, 0.05) is 12.1 Å². The maximum atomic E-state index is 13.1. The van der Waals surface area contributed by atoms with Gasteiger partial charge in [-0.15, -0.1) is 0 Å². The molecule has 0 radical (unpaired) electrons. The predicted molar refractivity (Wildman–Crippen MR) is 120 cm³/mol. The summed E-state index contributed by atoms with van der Waals surface area (Å²) in [4.78, 5) is 15.0. The van der Waals surface area contributed by atoms with E-state index < -0.39 is 11.7 Å². The van der Waals surface area contributed by atoms with Crippen molar-refractivity contribution in [2.75, 3.05) is 0 Å². The average molecular weight is 420 g/mol. The number of amides is 1. The third-order valence-corrected chi connectivity index (χ3v) is 5.55. The summed E-state index contributed by atoms with van der Waals surface area (Å²) in [6.45, 7) is 10.2. The van der Waals surface area contributed by atoms with Gasteiger partial charge in [0.2, 0.25) is 0 Å². The zero-order chi connectivity index (χ0) is 22.1. The largest absolute Gasteiger partial charge is 0.444 e. The first kappa shape index (κ1) is 24.7. The van der Waals surface area contributed by atoms with Crippen molar-refractivity contribution in [3.8, 4) is 0 Å². The van der Waals surface area contributed by atoms with Crippen molar-refractivity contribution < 1.29 is 19.4 Å². The fourth-order valence-corrected chi connectivity index (χ4v) is 4.32. The molecule has 1 aliphatic heterocycles. The highest BCUT2D eigenvalue weighted by Crippen LogP contribution is 2.31. The lowest BCUT2D eigenvalue weighted by atomic mass is 9.89. The Morgan fingerprint density at radius 3 is 2.37 bits per heavy atom. The normalized spacial score (nSPS) is 21.9. The number of hydrogen-bond donors (Lipinski definition) is 1. The smallest absolute Gasteiger partial charge is 0.410 e. The summed E-state index contributed by atoms with van der Waals surface area (Å²) in [5, 5.41) is 10.00. The number of benzene rings is 1. The van der Waals surface area contributed by atoms with E-state index in [0.717, 1.165) is 38.5 Å². The van der Waals surface area contributed by atoms with E-state index >= 15 is 0 Å². The number of piperidine rings is 1. The summed E-state index contributed by atoms with van der Waals surface area (Å²) < 4.78 is 12.0. The Hall–Kier alpha value is -1.59. The van der Waals surface area contributed by atoms with Crippen LogP contribution in [0.25, 0.3) is 0 Å². The highest BCUT2D eigenvalue weighted by Gasteiger charge is 2.38. The molecule has 1 unspecified atom stereocenters. The van der Waals surface area contributed by atoms with Crippen molar-refractivity contribution in [1.82, 2.24) is 4.90 Å². The SMILES string of the molecule is CCC[C@@H](C[C@H]1CCC[C@@H](CC(C)O)N1C(=O)OC(C)(C)C)OCc1ccccc1. The second-order valence-electron chi connectivity index (χ2n) is 9.65. The molecule has 0 aromatic heterocycles. The molecule has 1 aromatic rings. The quantitative estimate of drug-likeness (QED) is 0.558. The van der Waals surface area contributed by atoms with E-state index in [2.05, 4.69) is 19.1 Å². The number of aliphatic hydroxyl groups is 1. The van der Waals surface area contributed by atoms with Crippen LogP contribution in [0.2, 0.25) is 0 Å². The maximum absolute atomic E-state index is 13.1. The van der Waals surface area contributed by atoms with E-state index in [0.29, 0.717) is 13.0 Å². The molecule has 1 aromatic carbocycles. The zero-order valence-corrected chi connectivity index (χ0v) is 19.5. The zero-order valence-electron chi connectivity index (χ0n) is 19.5. The molecule has 1 heterocycles. The van der Waals surface area contributed by atoms with Gasteiger partial charge >= 0.3 is 6.09 Å². The van der Waals surface area contributed by atoms with Crippen LogP contribution in [0, 0.1) is 0 Å². The highest BCUT2D eigenvalue weighted by atomic mass is 16.6. The molecule has 1 fully saturated rings. The van der Waals surface area contributed by atoms with Crippen LogP contribution in [0.15, 0.2) is 30.3 Å². The van der Waals surface area contributed by atoms with Crippen LogP contribution < -0.4 is 0 Å². The van der Waals surface area contributed by atoms with E-state index in [1.165, 1.54) is 5.56 Å². The van der Waals surface area contributed by atoms with Gasteiger partial charge in [0.15, 0.2) is 0 Å². The van der Waals surface area contributed by atoms with Crippen molar-refractivity contribution >= 4 is 6.09 Å². The minimum atomic E-state index is -0.541. The first-order valence-electron chi connectivity index (χ1n) is 11.5. The first-order chi connectivity index (χ1) is 14.2. The summed E-state index contributed by atoms with van der Waals surface area (Å²) in [5.41, 5.74) is 0.624. The molecule has 0 aliphatic carbocycles.